The Labute approximate surface area is 72.4 Å². The van der Waals surface area contributed by atoms with E-state index in [-0.39, 0.29) is 17.1 Å². The van der Waals surface area contributed by atoms with Crippen LogP contribution in [0.5, 0.6) is 0 Å². The molecule has 0 bridgehead atoms. The molecule has 0 saturated carbocycles. The standard InChI is InChI=1S/C9H16N2O/c1-7(9(2,3)4)11-6-5-10-8(11)12/h5-7H,1-4H3,(H,10,12). The van der Waals surface area contributed by atoms with Gasteiger partial charge in [0.1, 0.15) is 0 Å². The van der Waals surface area contributed by atoms with Crippen LogP contribution in [0.25, 0.3) is 0 Å². The van der Waals surface area contributed by atoms with Crippen molar-refractivity contribution in [3.63, 3.8) is 0 Å². The molecule has 68 valence electrons. The lowest BCUT2D eigenvalue weighted by Gasteiger charge is -2.27. The zero-order valence-electron chi connectivity index (χ0n) is 8.09. The van der Waals surface area contributed by atoms with Crippen LogP contribution >= 0.6 is 0 Å². The van der Waals surface area contributed by atoms with Gasteiger partial charge in [-0.15, -0.1) is 0 Å². The highest BCUT2D eigenvalue weighted by atomic mass is 16.1. The summed E-state index contributed by atoms with van der Waals surface area (Å²) in [5, 5.41) is 0. The third kappa shape index (κ3) is 1.60. The molecule has 12 heavy (non-hydrogen) atoms. The first kappa shape index (κ1) is 9.10. The highest BCUT2D eigenvalue weighted by molar-refractivity contribution is 4.84. The number of hydrogen-bond donors (Lipinski definition) is 1. The van der Waals surface area contributed by atoms with E-state index in [0.717, 1.165) is 0 Å². The van der Waals surface area contributed by atoms with Gasteiger partial charge in [0.05, 0.1) is 0 Å². The van der Waals surface area contributed by atoms with Gasteiger partial charge in [-0.3, -0.25) is 4.57 Å². The summed E-state index contributed by atoms with van der Waals surface area (Å²) >= 11 is 0. The Morgan fingerprint density at radius 3 is 2.42 bits per heavy atom. The third-order valence-corrected chi connectivity index (χ3v) is 2.35. The number of nitrogens with zero attached hydrogens (tertiary/aromatic N) is 1. The SMILES string of the molecule is CC(n1cc[nH]c1=O)C(C)(C)C. The average molecular weight is 168 g/mol. The first-order valence-corrected chi connectivity index (χ1v) is 4.18. The molecule has 1 N–H and O–H groups in total. The first-order chi connectivity index (χ1) is 5.43. The fourth-order valence-corrected chi connectivity index (χ4v) is 1.05. The fraction of sp³-hybridized carbons (Fsp3) is 0.667. The number of rotatable bonds is 1. The summed E-state index contributed by atoms with van der Waals surface area (Å²) in [5.41, 5.74) is 0.0869. The molecule has 1 atom stereocenters. The Hall–Kier alpha value is -0.990. The Kier molecular flexibility index (Phi) is 2.13. The molecule has 3 heteroatoms. The van der Waals surface area contributed by atoms with E-state index in [1.165, 1.54) is 0 Å². The number of aromatic amines is 1. The lowest BCUT2D eigenvalue weighted by molar-refractivity contribution is 0.258. The van der Waals surface area contributed by atoms with Gasteiger partial charge in [-0.2, -0.15) is 0 Å². The maximum atomic E-state index is 11.2. The summed E-state index contributed by atoms with van der Waals surface area (Å²) in [5.74, 6) is 0. The molecule has 0 aliphatic heterocycles. The van der Waals surface area contributed by atoms with Crippen LogP contribution in [0.1, 0.15) is 33.7 Å². The van der Waals surface area contributed by atoms with Crippen molar-refractivity contribution in [3.05, 3.63) is 22.9 Å². The molecule has 1 aromatic rings. The molecule has 0 aliphatic rings. The van der Waals surface area contributed by atoms with Gasteiger partial charge in [-0.1, -0.05) is 20.8 Å². The summed E-state index contributed by atoms with van der Waals surface area (Å²) in [7, 11) is 0. The smallest absolute Gasteiger partial charge is 0.313 e. The number of hydrogen-bond acceptors (Lipinski definition) is 1. The second-order valence-electron chi connectivity index (χ2n) is 4.21. The Bertz CT molecular complexity index is 303. The van der Waals surface area contributed by atoms with E-state index >= 15 is 0 Å². The van der Waals surface area contributed by atoms with Crippen LogP contribution in [0, 0.1) is 5.41 Å². The van der Waals surface area contributed by atoms with Crippen molar-refractivity contribution >= 4 is 0 Å². The molecule has 1 unspecified atom stereocenters. The van der Waals surface area contributed by atoms with E-state index < -0.39 is 0 Å². The largest absolute Gasteiger partial charge is 0.325 e. The topological polar surface area (TPSA) is 37.8 Å². The molecule has 1 aromatic heterocycles. The molecule has 3 nitrogen and oxygen atoms in total. The second kappa shape index (κ2) is 2.81. The molecule has 0 saturated heterocycles. The molecule has 0 spiro atoms. The van der Waals surface area contributed by atoms with Crippen LogP contribution in [0.2, 0.25) is 0 Å². The van der Waals surface area contributed by atoms with Crippen molar-refractivity contribution in [2.75, 3.05) is 0 Å². The van der Waals surface area contributed by atoms with Crippen LogP contribution in [0.4, 0.5) is 0 Å². The van der Waals surface area contributed by atoms with Crippen LogP contribution in [-0.4, -0.2) is 9.55 Å². The highest BCUT2D eigenvalue weighted by Gasteiger charge is 2.22. The predicted molar refractivity (Wildman–Crippen MR) is 49.2 cm³/mol. The number of nitrogens with one attached hydrogen (secondary N) is 1. The first-order valence-electron chi connectivity index (χ1n) is 4.18. The monoisotopic (exact) mass is 168 g/mol. The molecular formula is C9H16N2O. The van der Waals surface area contributed by atoms with Gasteiger partial charge < -0.3 is 4.98 Å². The summed E-state index contributed by atoms with van der Waals surface area (Å²) in [6, 6.07) is 0.219. The van der Waals surface area contributed by atoms with Crippen LogP contribution in [-0.2, 0) is 0 Å². The molecule has 1 rings (SSSR count). The summed E-state index contributed by atoms with van der Waals surface area (Å²) in [4.78, 5) is 13.8. The van der Waals surface area contributed by atoms with Gasteiger partial charge >= 0.3 is 5.69 Å². The zero-order valence-corrected chi connectivity index (χ0v) is 8.09. The van der Waals surface area contributed by atoms with Gasteiger partial charge in [-0.05, 0) is 12.3 Å². The van der Waals surface area contributed by atoms with Crippen molar-refractivity contribution in [2.24, 2.45) is 5.41 Å². The van der Waals surface area contributed by atoms with Crippen molar-refractivity contribution in [1.82, 2.24) is 9.55 Å². The van der Waals surface area contributed by atoms with E-state index in [4.69, 9.17) is 0 Å². The van der Waals surface area contributed by atoms with Gasteiger partial charge in [-0.25, -0.2) is 4.79 Å². The van der Waals surface area contributed by atoms with Gasteiger partial charge in [0.15, 0.2) is 0 Å². The molecule has 0 fully saturated rings. The maximum absolute atomic E-state index is 11.2. The van der Waals surface area contributed by atoms with Crippen molar-refractivity contribution < 1.29 is 0 Å². The molecule has 0 radical (unpaired) electrons. The Balaban J connectivity index is 3.01. The normalized spacial score (nSPS) is 14.7. The predicted octanol–water partition coefficient (Wildman–Crippen LogP) is 1.78. The van der Waals surface area contributed by atoms with Crippen molar-refractivity contribution in [1.29, 1.82) is 0 Å². The van der Waals surface area contributed by atoms with Crippen LogP contribution < -0.4 is 5.69 Å². The summed E-state index contributed by atoms with van der Waals surface area (Å²) in [6.07, 6.45) is 3.46. The number of H-pyrrole nitrogens is 1. The minimum atomic E-state index is -0.0302. The minimum Gasteiger partial charge on any atom is -0.313 e. The highest BCUT2D eigenvalue weighted by Crippen LogP contribution is 2.28. The van der Waals surface area contributed by atoms with E-state index in [1.54, 1.807) is 17.0 Å². The van der Waals surface area contributed by atoms with E-state index in [9.17, 15) is 4.79 Å². The number of imidazole rings is 1. The summed E-state index contributed by atoms with van der Waals surface area (Å²) in [6.45, 7) is 8.42. The quantitative estimate of drug-likeness (QED) is 0.682. The van der Waals surface area contributed by atoms with Crippen molar-refractivity contribution in [2.45, 2.75) is 33.7 Å². The van der Waals surface area contributed by atoms with Gasteiger partial charge in [0, 0.05) is 18.4 Å². The zero-order chi connectivity index (χ0) is 9.35. The van der Waals surface area contributed by atoms with E-state index in [0.29, 0.717) is 0 Å². The van der Waals surface area contributed by atoms with Gasteiger partial charge in [0.2, 0.25) is 0 Å². The molecule has 1 heterocycles. The third-order valence-electron chi connectivity index (χ3n) is 2.35. The summed E-state index contributed by atoms with van der Waals surface area (Å²) < 4.78 is 1.72. The Morgan fingerprint density at radius 2 is 2.08 bits per heavy atom. The second-order valence-corrected chi connectivity index (χ2v) is 4.21. The van der Waals surface area contributed by atoms with E-state index in [1.807, 2.05) is 0 Å². The van der Waals surface area contributed by atoms with Crippen molar-refractivity contribution in [3.8, 4) is 0 Å². The maximum Gasteiger partial charge on any atom is 0.325 e. The molecule has 0 aromatic carbocycles. The van der Waals surface area contributed by atoms with Crippen LogP contribution in [0.3, 0.4) is 0 Å². The average Bonchev–Trinajstić information content (AvgIpc) is 2.31. The lowest BCUT2D eigenvalue weighted by Crippen LogP contribution is -2.28. The molecule has 0 amide bonds. The number of aromatic nitrogens is 2. The Morgan fingerprint density at radius 1 is 1.50 bits per heavy atom. The van der Waals surface area contributed by atoms with E-state index in [2.05, 4.69) is 32.7 Å². The van der Waals surface area contributed by atoms with Gasteiger partial charge in [0.25, 0.3) is 0 Å². The fourth-order valence-electron chi connectivity index (χ4n) is 1.05. The molecular weight excluding hydrogens is 152 g/mol. The lowest BCUT2D eigenvalue weighted by atomic mass is 9.88. The molecule has 0 aliphatic carbocycles. The minimum absolute atomic E-state index is 0.0302. The van der Waals surface area contributed by atoms with Crippen LogP contribution in [0.15, 0.2) is 17.2 Å².